The largest absolute Gasteiger partial charge is 0.326 e. The van der Waals surface area contributed by atoms with Crippen molar-refractivity contribution in [3.63, 3.8) is 0 Å². The van der Waals surface area contributed by atoms with Crippen molar-refractivity contribution in [1.29, 1.82) is 0 Å². The number of hydrogen-bond acceptors (Lipinski definition) is 2. The topological polar surface area (TPSA) is 40.6 Å². The number of ketones is 1. The van der Waals surface area contributed by atoms with E-state index in [2.05, 4.69) is 15.9 Å². The molecule has 0 atom stereocenters. The maximum atomic E-state index is 12.0. The molecular weight excluding hydrogens is 284 g/mol. The summed E-state index contributed by atoms with van der Waals surface area (Å²) in [5.74, 6) is -0.0406. The Bertz CT molecular complexity index is 462. The Morgan fingerprint density at radius 2 is 2.06 bits per heavy atom. The number of carbonyl (C=O) groups excluding carboxylic acids is 2. The van der Waals surface area contributed by atoms with Crippen LogP contribution in [-0.4, -0.2) is 48.3 Å². The van der Waals surface area contributed by atoms with E-state index in [1.165, 1.54) is 0 Å². The third kappa shape index (κ3) is 2.49. The number of rotatable bonds is 3. The summed E-state index contributed by atoms with van der Waals surface area (Å²) < 4.78 is 0.769. The highest BCUT2D eigenvalue weighted by Gasteiger charge is 2.27. The maximum absolute atomic E-state index is 12.0. The van der Waals surface area contributed by atoms with Crippen molar-refractivity contribution in [2.45, 2.75) is 0 Å². The molecule has 5 heteroatoms. The van der Waals surface area contributed by atoms with Gasteiger partial charge in [0.05, 0.1) is 6.54 Å². The third-order valence-electron chi connectivity index (χ3n) is 2.81. The van der Waals surface area contributed by atoms with E-state index in [0.29, 0.717) is 18.7 Å². The molecule has 2 rings (SSSR count). The van der Waals surface area contributed by atoms with Crippen LogP contribution in [0.1, 0.15) is 10.4 Å². The number of benzene rings is 1. The van der Waals surface area contributed by atoms with Crippen molar-refractivity contribution in [3.05, 3.63) is 34.3 Å². The lowest BCUT2D eigenvalue weighted by atomic mass is 10.1. The summed E-state index contributed by atoms with van der Waals surface area (Å²) in [5.41, 5.74) is 0.620. The van der Waals surface area contributed by atoms with Crippen LogP contribution in [0, 0.1) is 0 Å². The SMILES string of the molecule is CN1CCN(CC(=O)c2ccccc2Br)C1=O. The normalized spacial score (nSPS) is 15.5. The van der Waals surface area contributed by atoms with Crippen LogP contribution in [0.15, 0.2) is 28.7 Å². The predicted molar refractivity (Wildman–Crippen MR) is 68.1 cm³/mol. The molecule has 0 saturated carbocycles. The zero-order chi connectivity index (χ0) is 12.4. The van der Waals surface area contributed by atoms with Gasteiger partial charge in [-0.05, 0) is 6.07 Å². The molecule has 0 unspecified atom stereocenters. The summed E-state index contributed by atoms with van der Waals surface area (Å²) >= 11 is 3.34. The molecule has 17 heavy (non-hydrogen) atoms. The van der Waals surface area contributed by atoms with Crippen LogP contribution < -0.4 is 0 Å². The Morgan fingerprint density at radius 3 is 2.65 bits per heavy atom. The van der Waals surface area contributed by atoms with E-state index in [0.717, 1.165) is 4.47 Å². The first-order valence-corrected chi connectivity index (χ1v) is 6.16. The van der Waals surface area contributed by atoms with Gasteiger partial charge in [0.1, 0.15) is 0 Å². The number of nitrogens with zero attached hydrogens (tertiary/aromatic N) is 2. The number of halogens is 1. The summed E-state index contributed by atoms with van der Waals surface area (Å²) in [7, 11) is 1.74. The molecule has 1 aromatic rings. The summed E-state index contributed by atoms with van der Waals surface area (Å²) in [6.45, 7) is 1.44. The van der Waals surface area contributed by atoms with Crippen LogP contribution in [0.2, 0.25) is 0 Å². The fourth-order valence-corrected chi connectivity index (χ4v) is 2.30. The van der Waals surface area contributed by atoms with Gasteiger partial charge in [-0.15, -0.1) is 0 Å². The molecule has 90 valence electrons. The van der Waals surface area contributed by atoms with Crippen LogP contribution in [0.4, 0.5) is 4.79 Å². The van der Waals surface area contributed by atoms with Crippen LogP contribution in [0.25, 0.3) is 0 Å². The van der Waals surface area contributed by atoms with Gasteiger partial charge in [-0.2, -0.15) is 0 Å². The zero-order valence-electron chi connectivity index (χ0n) is 9.52. The highest BCUT2D eigenvalue weighted by Crippen LogP contribution is 2.17. The zero-order valence-corrected chi connectivity index (χ0v) is 11.1. The smallest absolute Gasteiger partial charge is 0.320 e. The molecule has 0 radical (unpaired) electrons. The number of carbonyl (C=O) groups is 2. The average molecular weight is 297 g/mol. The summed E-state index contributed by atoms with van der Waals surface area (Å²) in [6, 6.07) is 7.18. The second kappa shape index (κ2) is 4.87. The molecule has 1 aliphatic heterocycles. The Balaban J connectivity index is 2.08. The maximum Gasteiger partial charge on any atom is 0.320 e. The van der Waals surface area contributed by atoms with Crippen LogP contribution >= 0.6 is 15.9 Å². The van der Waals surface area contributed by atoms with E-state index in [9.17, 15) is 9.59 Å². The Hall–Kier alpha value is -1.36. The van der Waals surface area contributed by atoms with Gasteiger partial charge in [0.2, 0.25) is 0 Å². The van der Waals surface area contributed by atoms with E-state index in [1.807, 2.05) is 18.2 Å². The molecule has 2 amide bonds. The fourth-order valence-electron chi connectivity index (χ4n) is 1.80. The number of urea groups is 1. The minimum Gasteiger partial charge on any atom is -0.326 e. The van der Waals surface area contributed by atoms with E-state index in [4.69, 9.17) is 0 Å². The third-order valence-corrected chi connectivity index (χ3v) is 3.50. The van der Waals surface area contributed by atoms with Crippen molar-refractivity contribution in [3.8, 4) is 0 Å². The number of amides is 2. The lowest BCUT2D eigenvalue weighted by molar-refractivity contribution is 0.0951. The number of Topliss-reactive ketones (excluding diaryl/α,β-unsaturated/α-hetero) is 1. The molecule has 0 spiro atoms. The van der Waals surface area contributed by atoms with E-state index >= 15 is 0 Å². The van der Waals surface area contributed by atoms with Gasteiger partial charge in [-0.25, -0.2) is 4.79 Å². The first-order chi connectivity index (χ1) is 8.09. The summed E-state index contributed by atoms with van der Waals surface area (Å²) in [6.07, 6.45) is 0. The fraction of sp³-hybridized carbons (Fsp3) is 0.333. The van der Waals surface area contributed by atoms with Crippen molar-refractivity contribution < 1.29 is 9.59 Å². The Labute approximate surface area is 108 Å². The van der Waals surface area contributed by atoms with Crippen molar-refractivity contribution in [2.24, 2.45) is 0 Å². The highest BCUT2D eigenvalue weighted by atomic mass is 79.9. The van der Waals surface area contributed by atoms with Gasteiger partial charge < -0.3 is 9.80 Å². The molecule has 0 aromatic heterocycles. The molecular formula is C12H13BrN2O2. The molecule has 1 aliphatic rings. The monoisotopic (exact) mass is 296 g/mol. The first-order valence-electron chi connectivity index (χ1n) is 5.37. The molecule has 4 nitrogen and oxygen atoms in total. The predicted octanol–water partition coefficient (Wildman–Crippen LogP) is 2.00. The lowest BCUT2D eigenvalue weighted by Crippen LogP contribution is -2.33. The minimum atomic E-state index is -0.0783. The second-order valence-corrected chi connectivity index (χ2v) is 4.88. The van der Waals surface area contributed by atoms with Crippen molar-refractivity contribution in [1.82, 2.24) is 9.80 Å². The molecule has 1 aromatic carbocycles. The lowest BCUT2D eigenvalue weighted by Gasteiger charge is -2.15. The van der Waals surface area contributed by atoms with E-state index in [-0.39, 0.29) is 18.4 Å². The van der Waals surface area contributed by atoms with Crippen LogP contribution in [0.5, 0.6) is 0 Å². The molecule has 0 aliphatic carbocycles. The van der Waals surface area contributed by atoms with Crippen LogP contribution in [0.3, 0.4) is 0 Å². The molecule has 0 bridgehead atoms. The van der Waals surface area contributed by atoms with Gasteiger partial charge in [-0.3, -0.25) is 4.79 Å². The van der Waals surface area contributed by atoms with Crippen molar-refractivity contribution in [2.75, 3.05) is 26.7 Å². The van der Waals surface area contributed by atoms with Gasteiger partial charge in [0.15, 0.2) is 5.78 Å². The van der Waals surface area contributed by atoms with E-state index < -0.39 is 0 Å². The first kappa shape index (κ1) is 12.1. The minimum absolute atomic E-state index is 0.0406. The Kier molecular flexibility index (Phi) is 3.47. The van der Waals surface area contributed by atoms with Gasteiger partial charge in [0.25, 0.3) is 0 Å². The quantitative estimate of drug-likeness (QED) is 0.801. The molecule has 1 fully saturated rings. The molecule has 0 N–H and O–H groups in total. The van der Waals surface area contributed by atoms with Gasteiger partial charge in [-0.1, -0.05) is 34.1 Å². The van der Waals surface area contributed by atoms with Gasteiger partial charge >= 0.3 is 6.03 Å². The van der Waals surface area contributed by atoms with Crippen molar-refractivity contribution >= 4 is 27.7 Å². The Morgan fingerprint density at radius 1 is 1.35 bits per heavy atom. The highest BCUT2D eigenvalue weighted by molar-refractivity contribution is 9.10. The van der Waals surface area contributed by atoms with Gasteiger partial charge in [0, 0.05) is 30.2 Å². The van der Waals surface area contributed by atoms with Crippen LogP contribution in [-0.2, 0) is 0 Å². The standard InChI is InChI=1S/C12H13BrN2O2/c1-14-6-7-15(12(14)17)8-11(16)9-4-2-3-5-10(9)13/h2-5H,6-8H2,1H3. The summed E-state index contributed by atoms with van der Waals surface area (Å²) in [5, 5.41) is 0. The summed E-state index contributed by atoms with van der Waals surface area (Å²) in [4.78, 5) is 26.9. The second-order valence-electron chi connectivity index (χ2n) is 4.03. The molecule has 1 heterocycles. The van der Waals surface area contributed by atoms with E-state index in [1.54, 1.807) is 22.9 Å². The average Bonchev–Trinajstić information content (AvgIpc) is 2.61. The number of hydrogen-bond donors (Lipinski definition) is 0. The number of likely N-dealkylation sites (N-methyl/N-ethyl adjacent to an activating group) is 1. The molecule has 1 saturated heterocycles.